The molecular formula is C25H28ClN3O2. The van der Waals surface area contributed by atoms with Crippen molar-refractivity contribution < 1.29 is 9.59 Å². The van der Waals surface area contributed by atoms with Gasteiger partial charge in [0.15, 0.2) is 0 Å². The molecule has 6 heteroatoms. The third-order valence-electron chi connectivity index (χ3n) is 6.25. The zero-order valence-corrected chi connectivity index (χ0v) is 19.2. The smallest absolute Gasteiger partial charge is 0.329 e. The Morgan fingerprint density at radius 2 is 1.87 bits per heavy atom. The van der Waals surface area contributed by atoms with Gasteiger partial charge in [0.2, 0.25) is 0 Å². The second-order valence-electron chi connectivity index (χ2n) is 8.99. The van der Waals surface area contributed by atoms with Crippen LogP contribution in [0.5, 0.6) is 0 Å². The maximum atomic E-state index is 12.9. The van der Waals surface area contributed by atoms with E-state index in [2.05, 4.69) is 50.0 Å². The van der Waals surface area contributed by atoms with Crippen molar-refractivity contribution >= 4 is 35.3 Å². The lowest BCUT2D eigenvalue weighted by atomic mass is 9.79. The molecular weight excluding hydrogens is 410 g/mol. The number of halogens is 1. The summed E-state index contributed by atoms with van der Waals surface area (Å²) in [7, 11) is 0. The van der Waals surface area contributed by atoms with Crippen LogP contribution < -0.4 is 10.2 Å². The average molecular weight is 438 g/mol. The van der Waals surface area contributed by atoms with Gasteiger partial charge in [0.1, 0.15) is 5.70 Å². The Hall–Kier alpha value is -2.79. The minimum Gasteiger partial charge on any atom is -0.366 e. The monoisotopic (exact) mass is 437 g/mol. The summed E-state index contributed by atoms with van der Waals surface area (Å²) in [5.41, 5.74) is 4.70. The molecule has 1 saturated heterocycles. The summed E-state index contributed by atoms with van der Waals surface area (Å²) in [6.07, 6.45) is 2.84. The van der Waals surface area contributed by atoms with Crippen molar-refractivity contribution in [1.29, 1.82) is 0 Å². The van der Waals surface area contributed by atoms with Gasteiger partial charge < -0.3 is 10.2 Å². The number of hydrogen-bond acceptors (Lipinski definition) is 3. The number of fused-ring (bicyclic) bond motifs is 1. The molecule has 0 aliphatic carbocycles. The molecule has 1 N–H and O–H groups in total. The lowest BCUT2D eigenvalue weighted by molar-refractivity contribution is -0.123. The lowest BCUT2D eigenvalue weighted by Crippen LogP contribution is -2.48. The van der Waals surface area contributed by atoms with Gasteiger partial charge >= 0.3 is 6.03 Å². The zero-order chi connectivity index (χ0) is 22.3. The molecule has 3 amide bonds. The maximum absolute atomic E-state index is 12.9. The van der Waals surface area contributed by atoms with Crippen LogP contribution in [-0.2, 0) is 11.3 Å². The molecule has 2 heterocycles. The number of nitrogens with one attached hydrogen (secondary N) is 1. The van der Waals surface area contributed by atoms with Crippen LogP contribution in [0.3, 0.4) is 0 Å². The molecule has 31 heavy (non-hydrogen) atoms. The number of urea groups is 1. The summed E-state index contributed by atoms with van der Waals surface area (Å²) < 4.78 is 0. The first-order valence-electron chi connectivity index (χ1n) is 10.7. The first-order chi connectivity index (χ1) is 14.7. The van der Waals surface area contributed by atoms with Gasteiger partial charge in [-0.2, -0.15) is 0 Å². The van der Waals surface area contributed by atoms with Crippen LogP contribution >= 0.6 is 11.6 Å². The Morgan fingerprint density at radius 3 is 2.55 bits per heavy atom. The molecule has 2 aromatic carbocycles. The lowest BCUT2D eigenvalue weighted by Gasteiger charge is -2.47. The number of carbonyl (C=O) groups is 2. The third-order valence-corrected chi connectivity index (χ3v) is 6.51. The van der Waals surface area contributed by atoms with E-state index < -0.39 is 6.03 Å². The molecule has 0 bridgehead atoms. The number of benzene rings is 2. The van der Waals surface area contributed by atoms with Crippen molar-refractivity contribution in [1.82, 2.24) is 10.2 Å². The number of amides is 3. The summed E-state index contributed by atoms with van der Waals surface area (Å²) >= 11 is 5.92. The highest BCUT2D eigenvalue weighted by Crippen LogP contribution is 2.43. The molecule has 0 radical (unpaired) electrons. The molecule has 2 aromatic rings. The van der Waals surface area contributed by atoms with Crippen LogP contribution in [0.25, 0.3) is 6.08 Å². The predicted molar refractivity (Wildman–Crippen MR) is 125 cm³/mol. The van der Waals surface area contributed by atoms with Gasteiger partial charge in [0.05, 0.1) is 6.54 Å². The standard InChI is InChI=1S/C25H28ClN3O2/c1-5-29-22-11-8-18(12-20(22)16(2)14-25(29,3)4)13-21-23(30)28(24(31)27-21)15-17-6-9-19(26)10-7-17/h6-13,16H,5,14-15H2,1-4H3,(H,27,31)/b21-13-/t16-/m1/s1. The molecule has 1 atom stereocenters. The normalized spacial score (nSPS) is 21.5. The SMILES string of the molecule is CCN1c2ccc(/C=C3\NC(=O)N(Cc4ccc(Cl)cc4)C3=O)cc2[C@H](C)CC1(C)C. The van der Waals surface area contributed by atoms with Crippen molar-refractivity contribution in [3.63, 3.8) is 0 Å². The Bertz CT molecular complexity index is 1060. The van der Waals surface area contributed by atoms with Crippen LogP contribution in [0.15, 0.2) is 48.2 Å². The number of nitrogens with zero attached hydrogens (tertiary/aromatic N) is 2. The molecule has 162 valence electrons. The topological polar surface area (TPSA) is 52.7 Å². The number of rotatable bonds is 4. The van der Waals surface area contributed by atoms with Gasteiger partial charge in [-0.25, -0.2) is 4.79 Å². The highest BCUT2D eigenvalue weighted by atomic mass is 35.5. The van der Waals surface area contributed by atoms with Gasteiger partial charge in [-0.3, -0.25) is 9.69 Å². The molecule has 0 spiro atoms. The number of anilines is 1. The van der Waals surface area contributed by atoms with Crippen LogP contribution in [0.2, 0.25) is 5.02 Å². The van der Waals surface area contributed by atoms with Crippen LogP contribution in [-0.4, -0.2) is 28.9 Å². The molecule has 0 aromatic heterocycles. The molecule has 4 rings (SSSR count). The van der Waals surface area contributed by atoms with E-state index in [0.29, 0.717) is 16.6 Å². The Labute approximate surface area is 188 Å². The van der Waals surface area contributed by atoms with Gasteiger partial charge in [0.25, 0.3) is 5.91 Å². The predicted octanol–water partition coefficient (Wildman–Crippen LogP) is 5.55. The summed E-state index contributed by atoms with van der Waals surface area (Å²) in [5, 5.41) is 3.34. The molecule has 0 saturated carbocycles. The van der Waals surface area contributed by atoms with Gasteiger partial charge in [-0.15, -0.1) is 0 Å². The summed E-state index contributed by atoms with van der Waals surface area (Å²) in [6.45, 7) is 10.2. The van der Waals surface area contributed by atoms with E-state index in [4.69, 9.17) is 11.6 Å². The first-order valence-corrected chi connectivity index (χ1v) is 11.1. The Balaban J connectivity index is 1.59. The van der Waals surface area contributed by atoms with E-state index in [0.717, 1.165) is 24.1 Å². The van der Waals surface area contributed by atoms with E-state index in [9.17, 15) is 9.59 Å². The molecule has 5 nitrogen and oxygen atoms in total. The van der Waals surface area contributed by atoms with Crippen molar-refractivity contribution in [2.75, 3.05) is 11.4 Å². The van der Waals surface area contributed by atoms with E-state index in [1.807, 2.05) is 18.2 Å². The van der Waals surface area contributed by atoms with E-state index in [1.165, 1.54) is 16.2 Å². The Kier molecular flexibility index (Phi) is 5.56. The second kappa shape index (κ2) is 8.04. The van der Waals surface area contributed by atoms with E-state index in [1.54, 1.807) is 18.2 Å². The minimum absolute atomic E-state index is 0.110. The highest BCUT2D eigenvalue weighted by Gasteiger charge is 2.36. The Morgan fingerprint density at radius 1 is 1.16 bits per heavy atom. The van der Waals surface area contributed by atoms with Gasteiger partial charge in [-0.05, 0) is 80.1 Å². The first kappa shape index (κ1) is 21.4. The fraction of sp³-hybridized carbons (Fsp3) is 0.360. The maximum Gasteiger partial charge on any atom is 0.329 e. The largest absolute Gasteiger partial charge is 0.366 e. The van der Waals surface area contributed by atoms with Crippen molar-refractivity contribution in [3.8, 4) is 0 Å². The van der Waals surface area contributed by atoms with E-state index in [-0.39, 0.29) is 18.0 Å². The number of hydrogen-bond donors (Lipinski definition) is 1. The fourth-order valence-electron chi connectivity index (χ4n) is 4.85. The summed E-state index contributed by atoms with van der Waals surface area (Å²) in [4.78, 5) is 28.9. The van der Waals surface area contributed by atoms with Crippen molar-refractivity contribution in [2.24, 2.45) is 0 Å². The second-order valence-corrected chi connectivity index (χ2v) is 9.42. The van der Waals surface area contributed by atoms with Crippen molar-refractivity contribution in [2.45, 2.75) is 52.1 Å². The molecule has 0 unspecified atom stereocenters. The van der Waals surface area contributed by atoms with Crippen molar-refractivity contribution in [3.05, 3.63) is 69.9 Å². The van der Waals surface area contributed by atoms with E-state index >= 15 is 0 Å². The summed E-state index contributed by atoms with van der Waals surface area (Å²) in [5.74, 6) is 0.100. The molecule has 1 fully saturated rings. The zero-order valence-electron chi connectivity index (χ0n) is 18.4. The van der Waals surface area contributed by atoms with Crippen LogP contribution in [0, 0.1) is 0 Å². The fourth-order valence-corrected chi connectivity index (χ4v) is 4.98. The average Bonchev–Trinajstić information content (AvgIpc) is 2.97. The number of imide groups is 1. The quantitative estimate of drug-likeness (QED) is 0.504. The summed E-state index contributed by atoms with van der Waals surface area (Å²) in [6, 6.07) is 13.0. The van der Waals surface area contributed by atoms with Crippen LogP contribution in [0.4, 0.5) is 10.5 Å². The van der Waals surface area contributed by atoms with Gasteiger partial charge in [0, 0.05) is 22.8 Å². The number of carbonyl (C=O) groups excluding carboxylic acids is 2. The molecule has 2 aliphatic rings. The van der Waals surface area contributed by atoms with Gasteiger partial charge in [-0.1, -0.05) is 36.7 Å². The van der Waals surface area contributed by atoms with Crippen LogP contribution in [0.1, 0.15) is 56.7 Å². The minimum atomic E-state index is -0.406. The molecule has 2 aliphatic heterocycles. The highest BCUT2D eigenvalue weighted by molar-refractivity contribution is 6.30. The third kappa shape index (κ3) is 4.07.